The highest BCUT2D eigenvalue weighted by Gasteiger charge is 2.32. The Balaban J connectivity index is 1.83. The van der Waals surface area contributed by atoms with E-state index in [4.69, 9.17) is 0 Å². The number of sulfone groups is 1. The quantitative estimate of drug-likeness (QED) is 0.646. The monoisotopic (exact) mass is 361 g/mol. The van der Waals surface area contributed by atoms with Gasteiger partial charge in [-0.1, -0.05) is 18.2 Å². The molecule has 0 radical (unpaired) electrons. The summed E-state index contributed by atoms with van der Waals surface area (Å²) in [5.74, 6) is -1.56. The predicted molar refractivity (Wildman–Crippen MR) is 92.6 cm³/mol. The van der Waals surface area contributed by atoms with E-state index in [2.05, 4.69) is 10.4 Å². The molecule has 0 spiro atoms. The van der Waals surface area contributed by atoms with Crippen LogP contribution < -0.4 is 5.32 Å². The van der Waals surface area contributed by atoms with Crippen LogP contribution in [0.15, 0.2) is 30.3 Å². The fourth-order valence-electron chi connectivity index (χ4n) is 3.07. The van der Waals surface area contributed by atoms with E-state index in [1.54, 1.807) is 18.5 Å². The summed E-state index contributed by atoms with van der Waals surface area (Å²) in [6, 6.07) is 8.81. The standard InChI is InChI=1S/C17H19N3O4S/c1-11-15(12(2)20(19-11)14-6-4-3-5-7-14)16(21)17(22)18-13-8-9-25(23,24)10-13/h3-7,13H,8-10H2,1-2H3,(H,18,22). The molecule has 1 aromatic heterocycles. The van der Waals surface area contributed by atoms with Crippen LogP contribution in [0.3, 0.4) is 0 Å². The normalized spacial score (nSPS) is 18.9. The number of rotatable bonds is 4. The van der Waals surface area contributed by atoms with Crippen molar-refractivity contribution >= 4 is 21.5 Å². The first-order chi connectivity index (χ1) is 11.8. The molecule has 2 heterocycles. The van der Waals surface area contributed by atoms with Crippen molar-refractivity contribution in [3.63, 3.8) is 0 Å². The number of amides is 1. The fourth-order valence-corrected chi connectivity index (χ4v) is 4.74. The topological polar surface area (TPSA) is 98.1 Å². The summed E-state index contributed by atoms with van der Waals surface area (Å²) < 4.78 is 24.6. The third-order valence-electron chi connectivity index (χ3n) is 4.29. The second-order valence-electron chi connectivity index (χ2n) is 6.20. The van der Waals surface area contributed by atoms with Crippen LogP contribution in [-0.2, 0) is 14.6 Å². The van der Waals surface area contributed by atoms with Crippen LogP contribution in [0.2, 0.25) is 0 Å². The van der Waals surface area contributed by atoms with Crippen LogP contribution in [0.1, 0.15) is 28.2 Å². The third kappa shape index (κ3) is 3.48. The van der Waals surface area contributed by atoms with Gasteiger partial charge in [0.2, 0.25) is 0 Å². The third-order valence-corrected chi connectivity index (χ3v) is 6.06. The Labute approximate surface area is 146 Å². The number of benzene rings is 1. The van der Waals surface area contributed by atoms with Crippen molar-refractivity contribution in [1.29, 1.82) is 0 Å². The maximum atomic E-state index is 12.6. The van der Waals surface area contributed by atoms with E-state index < -0.39 is 27.6 Å². The highest BCUT2D eigenvalue weighted by Crippen LogP contribution is 2.19. The average Bonchev–Trinajstić information content (AvgIpc) is 3.06. The molecule has 1 aliphatic rings. The van der Waals surface area contributed by atoms with Gasteiger partial charge in [-0.2, -0.15) is 5.10 Å². The molecule has 8 heteroatoms. The number of nitrogens with zero attached hydrogens (tertiary/aromatic N) is 2. The summed E-state index contributed by atoms with van der Waals surface area (Å²) >= 11 is 0. The van der Waals surface area contributed by atoms with Gasteiger partial charge in [0.1, 0.15) is 0 Å². The number of nitrogens with one attached hydrogen (secondary N) is 1. The number of aryl methyl sites for hydroxylation is 1. The van der Waals surface area contributed by atoms with Crippen molar-refractivity contribution in [2.45, 2.75) is 26.3 Å². The van der Waals surface area contributed by atoms with E-state index in [1.165, 1.54) is 0 Å². The maximum absolute atomic E-state index is 12.6. The summed E-state index contributed by atoms with van der Waals surface area (Å²) in [6.07, 6.45) is 0.336. The number of hydrogen-bond acceptors (Lipinski definition) is 5. The molecule has 1 aromatic carbocycles. The van der Waals surface area contributed by atoms with Crippen LogP contribution >= 0.6 is 0 Å². The van der Waals surface area contributed by atoms with E-state index in [0.29, 0.717) is 17.8 Å². The summed E-state index contributed by atoms with van der Waals surface area (Å²) in [4.78, 5) is 24.8. The minimum Gasteiger partial charge on any atom is -0.345 e. The summed E-state index contributed by atoms with van der Waals surface area (Å²) in [6.45, 7) is 3.40. The van der Waals surface area contributed by atoms with Crippen LogP contribution in [0.5, 0.6) is 0 Å². The largest absolute Gasteiger partial charge is 0.345 e. The Morgan fingerprint density at radius 1 is 1.20 bits per heavy atom. The smallest absolute Gasteiger partial charge is 0.292 e. The molecule has 1 N–H and O–H groups in total. The Hall–Kier alpha value is -2.48. The first-order valence-corrected chi connectivity index (χ1v) is 9.78. The lowest BCUT2D eigenvalue weighted by atomic mass is 10.1. The summed E-state index contributed by atoms with van der Waals surface area (Å²) in [7, 11) is -3.12. The second-order valence-corrected chi connectivity index (χ2v) is 8.42. The number of carbonyl (C=O) groups excluding carboxylic acids is 2. The maximum Gasteiger partial charge on any atom is 0.292 e. The minimum atomic E-state index is -3.12. The SMILES string of the molecule is Cc1nn(-c2ccccc2)c(C)c1C(=O)C(=O)NC1CCS(=O)(=O)C1. The molecule has 25 heavy (non-hydrogen) atoms. The van der Waals surface area contributed by atoms with Crippen molar-refractivity contribution in [3.8, 4) is 5.69 Å². The highest BCUT2D eigenvalue weighted by molar-refractivity contribution is 7.91. The lowest BCUT2D eigenvalue weighted by Gasteiger charge is -2.10. The summed E-state index contributed by atoms with van der Waals surface area (Å²) in [5, 5.41) is 6.89. The molecule has 0 bridgehead atoms. The zero-order valence-electron chi connectivity index (χ0n) is 14.0. The van der Waals surface area contributed by atoms with Crippen LogP contribution in [0.25, 0.3) is 5.69 Å². The Kier molecular flexibility index (Phi) is 4.47. The zero-order valence-corrected chi connectivity index (χ0v) is 14.8. The molecule has 3 rings (SSSR count). The summed E-state index contributed by atoms with van der Waals surface area (Å²) in [5.41, 5.74) is 2.08. The van der Waals surface area contributed by atoms with Crippen molar-refractivity contribution < 1.29 is 18.0 Å². The van der Waals surface area contributed by atoms with Crippen molar-refractivity contribution in [2.75, 3.05) is 11.5 Å². The van der Waals surface area contributed by atoms with Gasteiger partial charge in [-0.15, -0.1) is 0 Å². The molecule has 0 aliphatic carbocycles. The molecule has 1 saturated heterocycles. The Morgan fingerprint density at radius 3 is 2.48 bits per heavy atom. The average molecular weight is 361 g/mol. The highest BCUT2D eigenvalue weighted by atomic mass is 32.2. The van der Waals surface area contributed by atoms with Crippen LogP contribution in [0, 0.1) is 13.8 Å². The first-order valence-electron chi connectivity index (χ1n) is 7.96. The lowest BCUT2D eigenvalue weighted by Crippen LogP contribution is -2.40. The Bertz CT molecular complexity index is 932. The van der Waals surface area contributed by atoms with Crippen molar-refractivity contribution in [3.05, 3.63) is 47.3 Å². The predicted octanol–water partition coefficient (Wildman–Crippen LogP) is 0.975. The van der Waals surface area contributed by atoms with Gasteiger partial charge in [0.25, 0.3) is 11.7 Å². The van der Waals surface area contributed by atoms with Gasteiger partial charge in [-0.3, -0.25) is 9.59 Å². The van der Waals surface area contributed by atoms with Crippen molar-refractivity contribution in [1.82, 2.24) is 15.1 Å². The number of ketones is 1. The molecule has 1 aliphatic heterocycles. The molecule has 1 fully saturated rings. The van der Waals surface area contributed by atoms with Gasteiger partial charge in [0.05, 0.1) is 34.1 Å². The van der Waals surface area contributed by atoms with Gasteiger partial charge in [-0.05, 0) is 32.4 Å². The van der Waals surface area contributed by atoms with Crippen LogP contribution in [-0.4, -0.2) is 47.4 Å². The van der Waals surface area contributed by atoms with Gasteiger partial charge >= 0.3 is 0 Å². The first kappa shape index (κ1) is 17.3. The van der Waals surface area contributed by atoms with E-state index in [9.17, 15) is 18.0 Å². The molecular formula is C17H19N3O4S. The van der Waals surface area contributed by atoms with Gasteiger partial charge in [-0.25, -0.2) is 13.1 Å². The molecule has 1 atom stereocenters. The molecule has 7 nitrogen and oxygen atoms in total. The van der Waals surface area contributed by atoms with Gasteiger partial charge in [0.15, 0.2) is 9.84 Å². The zero-order chi connectivity index (χ0) is 18.2. The number of para-hydroxylation sites is 1. The molecule has 0 saturated carbocycles. The van der Waals surface area contributed by atoms with Crippen molar-refractivity contribution in [2.24, 2.45) is 0 Å². The number of aromatic nitrogens is 2. The van der Waals surface area contributed by atoms with E-state index in [0.717, 1.165) is 5.69 Å². The second kappa shape index (κ2) is 6.44. The van der Waals surface area contributed by atoms with E-state index in [1.807, 2.05) is 30.3 Å². The molecule has 1 unspecified atom stereocenters. The number of Topliss-reactive ketones (excluding diaryl/α,β-unsaturated/α-hetero) is 1. The Morgan fingerprint density at radius 2 is 1.88 bits per heavy atom. The van der Waals surface area contributed by atoms with E-state index >= 15 is 0 Å². The molecular weight excluding hydrogens is 342 g/mol. The number of carbonyl (C=O) groups is 2. The van der Waals surface area contributed by atoms with Gasteiger partial charge in [0, 0.05) is 6.04 Å². The van der Waals surface area contributed by atoms with Crippen LogP contribution in [0.4, 0.5) is 0 Å². The lowest BCUT2D eigenvalue weighted by molar-refractivity contribution is -0.117. The molecule has 132 valence electrons. The molecule has 1 amide bonds. The molecule has 2 aromatic rings. The number of hydrogen-bond donors (Lipinski definition) is 1. The fraction of sp³-hybridized carbons (Fsp3) is 0.353. The minimum absolute atomic E-state index is 0.0378. The van der Waals surface area contributed by atoms with E-state index in [-0.39, 0.29) is 17.1 Å². The van der Waals surface area contributed by atoms with Gasteiger partial charge < -0.3 is 5.32 Å².